The van der Waals surface area contributed by atoms with Gasteiger partial charge in [-0.1, -0.05) is 6.08 Å². The third-order valence-corrected chi connectivity index (χ3v) is 7.90. The summed E-state index contributed by atoms with van der Waals surface area (Å²) >= 11 is 0. The summed E-state index contributed by atoms with van der Waals surface area (Å²) < 4.78 is 51.6. The van der Waals surface area contributed by atoms with E-state index >= 15 is 0 Å². The third kappa shape index (κ3) is 7.87. The Kier molecular flexibility index (Phi) is 8.93. The normalized spacial score (nSPS) is 27.1. The molecule has 0 amide bonds. The zero-order chi connectivity index (χ0) is 25.2. The Morgan fingerprint density at radius 3 is 2.30 bits per heavy atom. The molecule has 17 nitrogen and oxygen atoms in total. The van der Waals surface area contributed by atoms with Crippen molar-refractivity contribution in [3.05, 3.63) is 45.3 Å². The Labute approximate surface area is 184 Å². The maximum Gasteiger partial charge on any atom is 0.490 e. The SMILES string of the molecule is C=CCCn1cc([C@@H]2O[C@H](COP(=O)(O)OP(=O)(O)OP(=O)(O)O)[C@@H](O)[C@H]2O)c(=O)[nH]c1=O. The number of aliphatic hydroxyl groups is 2. The highest BCUT2D eigenvalue weighted by Crippen LogP contribution is 2.66. The van der Waals surface area contributed by atoms with Gasteiger partial charge in [-0.2, -0.15) is 8.62 Å². The molecule has 2 rings (SSSR count). The van der Waals surface area contributed by atoms with Crippen LogP contribution >= 0.6 is 23.5 Å². The number of nitrogens with one attached hydrogen (secondary N) is 1. The third-order valence-electron chi connectivity index (χ3n) is 4.10. The maximum absolute atomic E-state index is 12.2. The minimum absolute atomic E-state index is 0.132. The lowest BCUT2D eigenvalue weighted by Gasteiger charge is -2.19. The molecule has 188 valence electrons. The van der Waals surface area contributed by atoms with E-state index in [9.17, 15) is 38.4 Å². The average Bonchev–Trinajstić information content (AvgIpc) is 2.91. The molecular formula is C13H21N2O15P3. The van der Waals surface area contributed by atoms with Crippen LogP contribution in [0, 0.1) is 0 Å². The van der Waals surface area contributed by atoms with Crippen LogP contribution in [0.15, 0.2) is 28.4 Å². The van der Waals surface area contributed by atoms with Crippen molar-refractivity contribution in [2.24, 2.45) is 0 Å². The van der Waals surface area contributed by atoms with Crippen LogP contribution in [0.2, 0.25) is 0 Å². The van der Waals surface area contributed by atoms with Crippen molar-refractivity contribution in [2.75, 3.05) is 6.61 Å². The predicted molar refractivity (Wildman–Crippen MR) is 106 cm³/mol. The van der Waals surface area contributed by atoms with Crippen LogP contribution in [0.25, 0.3) is 0 Å². The number of phosphoric acid groups is 3. The van der Waals surface area contributed by atoms with Gasteiger partial charge in [-0.05, 0) is 6.42 Å². The van der Waals surface area contributed by atoms with Gasteiger partial charge in [-0.25, -0.2) is 18.5 Å². The van der Waals surface area contributed by atoms with Crippen molar-refractivity contribution in [3.63, 3.8) is 0 Å². The molecule has 2 unspecified atom stereocenters. The summed E-state index contributed by atoms with van der Waals surface area (Å²) in [7, 11) is -16.8. The van der Waals surface area contributed by atoms with Crippen LogP contribution in [0.4, 0.5) is 0 Å². The molecule has 0 spiro atoms. The second kappa shape index (κ2) is 10.5. The topological polar surface area (TPSA) is 264 Å². The molecule has 1 aromatic heterocycles. The number of phosphoric ester groups is 1. The van der Waals surface area contributed by atoms with Gasteiger partial charge in [0.2, 0.25) is 0 Å². The number of ether oxygens (including phenoxy) is 1. The van der Waals surface area contributed by atoms with Crippen LogP contribution in [0.5, 0.6) is 0 Å². The lowest BCUT2D eigenvalue weighted by molar-refractivity contribution is -0.0228. The van der Waals surface area contributed by atoms with Gasteiger partial charge in [0, 0.05) is 12.7 Å². The average molecular weight is 538 g/mol. The maximum atomic E-state index is 12.2. The van der Waals surface area contributed by atoms with Gasteiger partial charge < -0.3 is 34.5 Å². The number of aromatic amines is 1. The number of nitrogens with zero attached hydrogens (tertiary/aromatic N) is 1. The van der Waals surface area contributed by atoms with Crippen molar-refractivity contribution >= 4 is 23.5 Å². The van der Waals surface area contributed by atoms with Crippen LogP contribution in [-0.4, -0.2) is 64.3 Å². The van der Waals surface area contributed by atoms with Gasteiger partial charge in [0.25, 0.3) is 5.56 Å². The quantitative estimate of drug-likeness (QED) is 0.126. The molecule has 1 saturated heterocycles. The zero-order valence-corrected chi connectivity index (χ0v) is 19.1. The first-order valence-electron chi connectivity index (χ1n) is 8.80. The summed E-state index contributed by atoms with van der Waals surface area (Å²) in [6, 6.07) is 0. The second-order valence-electron chi connectivity index (χ2n) is 6.58. The molecule has 2 heterocycles. The summed E-state index contributed by atoms with van der Waals surface area (Å²) in [5.41, 5.74) is -1.94. The summed E-state index contributed by atoms with van der Waals surface area (Å²) in [5, 5.41) is 20.4. The molecule has 20 heteroatoms. The smallest absolute Gasteiger partial charge is 0.387 e. The summed E-state index contributed by atoms with van der Waals surface area (Å²) in [4.78, 5) is 61.6. The number of aryl methyl sites for hydroxylation is 1. The van der Waals surface area contributed by atoms with E-state index in [4.69, 9.17) is 19.4 Å². The molecular weight excluding hydrogens is 517 g/mol. The van der Waals surface area contributed by atoms with Gasteiger partial charge in [-0.15, -0.1) is 6.58 Å². The van der Waals surface area contributed by atoms with E-state index in [0.29, 0.717) is 6.42 Å². The number of aliphatic hydroxyl groups excluding tert-OH is 2. The minimum atomic E-state index is -5.75. The second-order valence-corrected chi connectivity index (χ2v) is 11.0. The Morgan fingerprint density at radius 1 is 1.09 bits per heavy atom. The lowest BCUT2D eigenvalue weighted by atomic mass is 10.0. The molecule has 33 heavy (non-hydrogen) atoms. The van der Waals surface area contributed by atoms with Crippen molar-refractivity contribution < 1.29 is 61.4 Å². The summed E-state index contributed by atoms with van der Waals surface area (Å²) in [6.45, 7) is 2.58. The lowest BCUT2D eigenvalue weighted by Crippen LogP contribution is -2.36. The fourth-order valence-electron chi connectivity index (χ4n) is 2.74. The highest BCUT2D eigenvalue weighted by atomic mass is 31.3. The summed E-state index contributed by atoms with van der Waals surface area (Å²) in [5.74, 6) is 0. The van der Waals surface area contributed by atoms with E-state index in [1.807, 2.05) is 4.98 Å². The van der Waals surface area contributed by atoms with Crippen molar-refractivity contribution in [3.8, 4) is 0 Å². The Bertz CT molecular complexity index is 1120. The van der Waals surface area contributed by atoms with Crippen molar-refractivity contribution in [1.29, 1.82) is 0 Å². The molecule has 1 aliphatic rings. The highest BCUT2D eigenvalue weighted by Gasteiger charge is 2.47. The molecule has 0 saturated carbocycles. The van der Waals surface area contributed by atoms with Gasteiger partial charge >= 0.3 is 29.2 Å². The van der Waals surface area contributed by atoms with Crippen molar-refractivity contribution in [2.45, 2.75) is 37.4 Å². The first kappa shape index (κ1) is 28.0. The number of allylic oxidation sites excluding steroid dienone is 1. The number of hydrogen-bond donors (Lipinski definition) is 7. The number of hydrogen-bond acceptors (Lipinski definition) is 11. The van der Waals surface area contributed by atoms with E-state index in [2.05, 4.69) is 19.7 Å². The Balaban J connectivity index is 2.13. The monoisotopic (exact) mass is 538 g/mol. The van der Waals surface area contributed by atoms with E-state index in [1.54, 1.807) is 0 Å². The van der Waals surface area contributed by atoms with Crippen LogP contribution in [-0.2, 0) is 38.1 Å². The van der Waals surface area contributed by atoms with E-state index in [0.717, 1.165) is 10.8 Å². The largest absolute Gasteiger partial charge is 0.490 e. The predicted octanol–water partition coefficient (Wildman–Crippen LogP) is -1.38. The van der Waals surface area contributed by atoms with Gasteiger partial charge in [0.1, 0.15) is 24.4 Å². The van der Waals surface area contributed by atoms with Gasteiger partial charge in [0.05, 0.1) is 12.2 Å². The van der Waals surface area contributed by atoms with Crippen LogP contribution in [0.1, 0.15) is 18.1 Å². The number of H-pyrrole nitrogens is 1. The standard InChI is InChI=1S/C13H21N2O15P3/c1-2-3-4-15-5-7(12(18)14-13(15)19)11-10(17)9(16)8(28-11)6-27-32(23,24)30-33(25,26)29-31(20,21)22/h2,5,8-11,16-17H,1,3-4,6H2,(H,23,24)(H,25,26)(H,14,18,19)(H2,20,21,22)/t8-,9-,10-,11+/m1/s1. The molecule has 7 N–H and O–H groups in total. The van der Waals surface area contributed by atoms with Crippen LogP contribution < -0.4 is 11.2 Å². The fourth-order valence-corrected chi connectivity index (χ4v) is 5.77. The zero-order valence-electron chi connectivity index (χ0n) is 16.4. The molecule has 0 aromatic carbocycles. The van der Waals surface area contributed by atoms with E-state index in [-0.39, 0.29) is 12.1 Å². The highest BCUT2D eigenvalue weighted by molar-refractivity contribution is 7.66. The summed E-state index contributed by atoms with van der Waals surface area (Å²) in [6.07, 6.45) is -3.67. The number of rotatable bonds is 11. The van der Waals surface area contributed by atoms with Gasteiger partial charge in [-0.3, -0.25) is 18.9 Å². The first-order chi connectivity index (χ1) is 15.1. The Hall–Kier alpha value is -1.29. The van der Waals surface area contributed by atoms with Gasteiger partial charge in [0.15, 0.2) is 0 Å². The molecule has 6 atom stereocenters. The Morgan fingerprint density at radius 2 is 1.73 bits per heavy atom. The van der Waals surface area contributed by atoms with E-state index in [1.165, 1.54) is 6.08 Å². The van der Waals surface area contributed by atoms with Crippen LogP contribution in [0.3, 0.4) is 0 Å². The fraction of sp³-hybridized carbons (Fsp3) is 0.538. The molecule has 1 fully saturated rings. The van der Waals surface area contributed by atoms with E-state index < -0.39 is 65.7 Å². The first-order valence-corrected chi connectivity index (χ1v) is 13.3. The number of aromatic nitrogens is 2. The molecule has 0 aliphatic carbocycles. The molecule has 1 aliphatic heterocycles. The minimum Gasteiger partial charge on any atom is -0.387 e. The van der Waals surface area contributed by atoms with Crippen molar-refractivity contribution in [1.82, 2.24) is 9.55 Å². The molecule has 1 aromatic rings. The molecule has 0 bridgehead atoms. The molecule has 0 radical (unpaired) electrons.